The molecule has 0 aliphatic carbocycles. The Hall–Kier alpha value is -1.34. The summed E-state index contributed by atoms with van der Waals surface area (Å²) in [5, 5.41) is -0.0887. The van der Waals surface area contributed by atoms with Crippen molar-refractivity contribution in [2.45, 2.75) is 44.4 Å². The zero-order valence-electron chi connectivity index (χ0n) is 12.9. The van der Waals surface area contributed by atoms with Gasteiger partial charge < -0.3 is 0 Å². The Morgan fingerprint density at radius 2 is 1.57 bits per heavy atom. The van der Waals surface area contributed by atoms with Gasteiger partial charge in [0.1, 0.15) is 5.82 Å². The van der Waals surface area contributed by atoms with Gasteiger partial charge in [-0.05, 0) is 47.1 Å². The Balaban J connectivity index is 2.09. The van der Waals surface area contributed by atoms with E-state index >= 15 is 0 Å². The van der Waals surface area contributed by atoms with E-state index in [2.05, 4.69) is 45.0 Å². The number of halogens is 2. The van der Waals surface area contributed by atoms with Gasteiger partial charge in [-0.2, -0.15) is 0 Å². The fourth-order valence-electron chi connectivity index (χ4n) is 2.29. The Bertz CT molecular complexity index is 570. The molecule has 0 heterocycles. The van der Waals surface area contributed by atoms with Crippen LogP contribution in [0, 0.1) is 5.82 Å². The van der Waals surface area contributed by atoms with Crippen molar-refractivity contribution < 1.29 is 4.39 Å². The third-order valence-electron chi connectivity index (χ3n) is 4.27. The molecule has 1 unspecified atom stereocenters. The van der Waals surface area contributed by atoms with Crippen LogP contribution in [0.25, 0.3) is 0 Å². The van der Waals surface area contributed by atoms with E-state index in [0.29, 0.717) is 6.42 Å². The lowest BCUT2D eigenvalue weighted by molar-refractivity contribution is 0.506. The monoisotopic (exact) mass is 304 g/mol. The summed E-state index contributed by atoms with van der Waals surface area (Å²) < 4.78 is 12.9. The Morgan fingerprint density at radius 3 is 2.10 bits per heavy atom. The molecule has 0 saturated carbocycles. The first-order valence-electron chi connectivity index (χ1n) is 7.41. The molecular formula is C19H22ClF. The first-order valence-corrected chi connectivity index (χ1v) is 7.85. The molecule has 112 valence electrons. The summed E-state index contributed by atoms with van der Waals surface area (Å²) in [6, 6.07) is 15.1. The van der Waals surface area contributed by atoms with Crippen molar-refractivity contribution in [2.24, 2.45) is 0 Å². The van der Waals surface area contributed by atoms with Crippen molar-refractivity contribution in [3.8, 4) is 0 Å². The Labute approximate surface area is 132 Å². The zero-order valence-corrected chi connectivity index (χ0v) is 13.6. The number of rotatable bonds is 5. The van der Waals surface area contributed by atoms with Crippen molar-refractivity contribution >= 4 is 11.6 Å². The van der Waals surface area contributed by atoms with E-state index in [0.717, 1.165) is 17.5 Å². The van der Waals surface area contributed by atoms with Gasteiger partial charge >= 0.3 is 0 Å². The maximum atomic E-state index is 12.9. The van der Waals surface area contributed by atoms with Gasteiger partial charge in [-0.1, -0.05) is 57.2 Å². The van der Waals surface area contributed by atoms with Crippen LogP contribution in [0.15, 0.2) is 48.5 Å². The first kappa shape index (κ1) is 16.0. The highest BCUT2D eigenvalue weighted by Crippen LogP contribution is 2.30. The van der Waals surface area contributed by atoms with Gasteiger partial charge in [0.25, 0.3) is 0 Å². The molecule has 2 rings (SSSR count). The van der Waals surface area contributed by atoms with Gasteiger partial charge in [0.2, 0.25) is 0 Å². The van der Waals surface area contributed by atoms with Crippen molar-refractivity contribution in [3.05, 3.63) is 71.0 Å². The molecule has 21 heavy (non-hydrogen) atoms. The second-order valence-electron chi connectivity index (χ2n) is 6.16. The molecule has 0 bridgehead atoms. The molecule has 0 fully saturated rings. The van der Waals surface area contributed by atoms with E-state index in [4.69, 9.17) is 11.6 Å². The molecule has 0 amide bonds. The maximum Gasteiger partial charge on any atom is 0.123 e. The lowest BCUT2D eigenvalue weighted by Crippen LogP contribution is -2.15. The number of hydrogen-bond donors (Lipinski definition) is 0. The average Bonchev–Trinajstić information content (AvgIpc) is 2.49. The fourth-order valence-corrected chi connectivity index (χ4v) is 2.62. The molecule has 2 aromatic rings. The molecule has 1 atom stereocenters. The van der Waals surface area contributed by atoms with Crippen molar-refractivity contribution in [1.82, 2.24) is 0 Å². The van der Waals surface area contributed by atoms with Crippen LogP contribution in [-0.4, -0.2) is 0 Å². The van der Waals surface area contributed by atoms with E-state index < -0.39 is 0 Å². The van der Waals surface area contributed by atoms with Crippen molar-refractivity contribution in [3.63, 3.8) is 0 Å². The van der Waals surface area contributed by atoms with Crippen LogP contribution in [0.2, 0.25) is 0 Å². The summed E-state index contributed by atoms with van der Waals surface area (Å²) >= 11 is 6.49. The SMILES string of the molecule is CCC(C)(C)c1ccc(C(Cl)Cc2ccc(F)cc2)cc1. The molecule has 0 radical (unpaired) electrons. The molecule has 2 heteroatoms. The topological polar surface area (TPSA) is 0 Å². The average molecular weight is 305 g/mol. The molecule has 2 aromatic carbocycles. The van der Waals surface area contributed by atoms with Crippen molar-refractivity contribution in [2.75, 3.05) is 0 Å². The normalized spacial score (nSPS) is 13.2. The molecule has 0 aliphatic heterocycles. The van der Waals surface area contributed by atoms with E-state index in [1.54, 1.807) is 12.1 Å². The van der Waals surface area contributed by atoms with Gasteiger partial charge in [0, 0.05) is 0 Å². The number of hydrogen-bond acceptors (Lipinski definition) is 0. The van der Waals surface area contributed by atoms with Crippen LogP contribution in [-0.2, 0) is 11.8 Å². The summed E-state index contributed by atoms with van der Waals surface area (Å²) in [4.78, 5) is 0. The lowest BCUT2D eigenvalue weighted by atomic mass is 9.82. The second-order valence-corrected chi connectivity index (χ2v) is 6.68. The summed E-state index contributed by atoms with van der Waals surface area (Å²) in [5.74, 6) is -0.212. The zero-order chi connectivity index (χ0) is 15.5. The molecular weight excluding hydrogens is 283 g/mol. The summed E-state index contributed by atoms with van der Waals surface area (Å²) in [5.41, 5.74) is 3.68. The largest absolute Gasteiger partial charge is 0.207 e. The van der Waals surface area contributed by atoms with Gasteiger partial charge in [0.15, 0.2) is 0 Å². The van der Waals surface area contributed by atoms with E-state index in [9.17, 15) is 4.39 Å². The lowest BCUT2D eigenvalue weighted by Gasteiger charge is -2.23. The van der Waals surface area contributed by atoms with Crippen LogP contribution in [0.4, 0.5) is 4.39 Å². The Kier molecular flexibility index (Phi) is 5.05. The van der Waals surface area contributed by atoms with Crippen molar-refractivity contribution in [1.29, 1.82) is 0 Å². The summed E-state index contributed by atoms with van der Waals surface area (Å²) in [6.45, 7) is 6.70. The van der Waals surface area contributed by atoms with Gasteiger partial charge in [0.05, 0.1) is 5.38 Å². The highest BCUT2D eigenvalue weighted by atomic mass is 35.5. The smallest absolute Gasteiger partial charge is 0.123 e. The predicted octanol–water partition coefficient (Wildman–Crippen LogP) is 6.04. The predicted molar refractivity (Wildman–Crippen MR) is 88.5 cm³/mol. The highest BCUT2D eigenvalue weighted by molar-refractivity contribution is 6.20. The van der Waals surface area contributed by atoms with E-state index in [-0.39, 0.29) is 16.6 Å². The van der Waals surface area contributed by atoms with Crippen LogP contribution in [0.3, 0.4) is 0 Å². The van der Waals surface area contributed by atoms with Gasteiger partial charge in [-0.3, -0.25) is 0 Å². The minimum atomic E-state index is -0.212. The standard InChI is InChI=1S/C19H22ClF/c1-4-19(2,3)16-9-7-15(8-10-16)18(20)13-14-5-11-17(21)12-6-14/h5-12,18H,4,13H2,1-3H3. The molecule has 0 nitrogen and oxygen atoms in total. The molecule has 0 aliphatic rings. The minimum Gasteiger partial charge on any atom is -0.207 e. The third-order valence-corrected chi connectivity index (χ3v) is 4.67. The van der Waals surface area contributed by atoms with Crippen LogP contribution < -0.4 is 0 Å². The minimum absolute atomic E-state index is 0.0887. The van der Waals surface area contributed by atoms with E-state index in [1.807, 2.05) is 0 Å². The first-order chi connectivity index (χ1) is 9.92. The van der Waals surface area contributed by atoms with Gasteiger partial charge in [-0.25, -0.2) is 4.39 Å². The molecule has 0 saturated heterocycles. The fraction of sp³-hybridized carbons (Fsp3) is 0.368. The highest BCUT2D eigenvalue weighted by Gasteiger charge is 2.18. The van der Waals surface area contributed by atoms with Crippen LogP contribution in [0.5, 0.6) is 0 Å². The quantitative estimate of drug-likeness (QED) is 0.591. The summed E-state index contributed by atoms with van der Waals surface area (Å²) in [6.07, 6.45) is 1.81. The molecule has 0 spiro atoms. The maximum absolute atomic E-state index is 12.9. The number of benzene rings is 2. The van der Waals surface area contributed by atoms with Crippen LogP contribution in [0.1, 0.15) is 49.3 Å². The van der Waals surface area contributed by atoms with Gasteiger partial charge in [-0.15, -0.1) is 11.6 Å². The van der Waals surface area contributed by atoms with E-state index in [1.165, 1.54) is 17.7 Å². The van der Waals surface area contributed by atoms with Crippen LogP contribution >= 0.6 is 11.6 Å². The third kappa shape index (κ3) is 4.07. The number of alkyl halides is 1. The summed E-state index contributed by atoms with van der Waals surface area (Å²) in [7, 11) is 0. The Morgan fingerprint density at radius 1 is 1.00 bits per heavy atom. The molecule has 0 N–H and O–H groups in total. The molecule has 0 aromatic heterocycles. The second kappa shape index (κ2) is 6.62.